The Bertz CT molecular complexity index is 6140. The molecule has 0 aliphatic heterocycles. The minimum absolute atomic E-state index is 0.417. The molecular weight excluding hydrogens is 1480 g/mol. The van der Waals surface area contributed by atoms with Gasteiger partial charge in [-0.3, -0.25) is 0 Å². The lowest BCUT2D eigenvalue weighted by Crippen LogP contribution is -2.31. The second-order valence-electron chi connectivity index (χ2n) is 30.5. The van der Waals surface area contributed by atoms with Crippen molar-refractivity contribution in [2.75, 3.05) is 0 Å². The topological polar surface area (TPSA) is 63.5 Å². The van der Waals surface area contributed by atoms with Crippen LogP contribution >= 0.6 is 0 Å². The van der Waals surface area contributed by atoms with E-state index >= 15 is 0 Å². The molecular formula is C98H108F5N15+10. The van der Waals surface area contributed by atoms with Gasteiger partial charge in [0, 0.05) is 77.9 Å². The number of para-hydroxylation sites is 1. The number of halogens is 5. The van der Waals surface area contributed by atoms with Crippen LogP contribution in [-0.4, -0.2) is 22.8 Å². The second-order valence-corrected chi connectivity index (χ2v) is 30.5. The number of aromatic nitrogens is 15. The molecule has 0 saturated heterocycles. The van der Waals surface area contributed by atoms with Crippen LogP contribution in [0.1, 0.15) is 44.5 Å². The third kappa shape index (κ3) is 17.2. The summed E-state index contributed by atoms with van der Waals surface area (Å²) in [6.45, 7) is 14.7. The molecule has 16 rings (SSSR count). The average molecular weight is 1590 g/mol. The summed E-state index contributed by atoms with van der Waals surface area (Å²) in [5.74, 6) is 3.94. The van der Waals surface area contributed by atoms with Crippen molar-refractivity contribution in [3.63, 3.8) is 0 Å². The van der Waals surface area contributed by atoms with Crippen LogP contribution in [0.5, 0.6) is 0 Å². The van der Waals surface area contributed by atoms with Crippen molar-refractivity contribution >= 4 is 0 Å². The molecule has 10 aromatic heterocycles. The van der Waals surface area contributed by atoms with Crippen molar-refractivity contribution in [3.8, 4) is 119 Å². The summed E-state index contributed by atoms with van der Waals surface area (Å²) in [6, 6.07) is 59.3. The lowest BCUT2D eigenvalue weighted by molar-refractivity contribution is -0.660. The summed E-state index contributed by atoms with van der Waals surface area (Å²) in [6.07, 6.45) is 25.5. The van der Waals surface area contributed by atoms with Crippen molar-refractivity contribution in [3.05, 3.63) is 331 Å². The predicted molar refractivity (Wildman–Crippen MR) is 452 cm³/mol. The highest BCUT2D eigenvalue weighted by Crippen LogP contribution is 2.40. The van der Waals surface area contributed by atoms with Gasteiger partial charge in [0.15, 0.2) is 31.0 Å². The molecule has 0 unspecified atom stereocenters. The predicted octanol–water partition coefficient (Wildman–Crippen LogP) is 14.9. The first-order valence-electron chi connectivity index (χ1n) is 39.2. The molecule has 16 aromatic rings. The van der Waals surface area contributed by atoms with E-state index < -0.39 is 23.4 Å². The van der Waals surface area contributed by atoms with Crippen LogP contribution in [0, 0.1) is 60.1 Å². The molecule has 0 radical (unpaired) electrons. The van der Waals surface area contributed by atoms with Crippen molar-refractivity contribution in [1.82, 2.24) is 22.8 Å². The van der Waals surface area contributed by atoms with Crippen LogP contribution in [0.15, 0.2) is 275 Å². The molecule has 0 amide bonds. The maximum Gasteiger partial charge on any atom is 0.416 e. The SMILES string of the molecule is Cc1c(-c2cccc[n+]2C)c(F)cc(F)c1-c1n(C)cc[n+]1C.Cc1c(-c2cccc[n+]2C)cc(C(F)(F)F)cc1-c1n(C)cc[n+]1C.Cc1c(-c2cccc[n+]2C)cccc1-c1n(-c2ccccc2)cc[n+]1C.Cc1c(-c2cccc[n+]2C)cccc1-c1n(C)cc[n+]1C.Cc1cc(C)c(-c2n(C)cc[n+]2C)c(C)c1-c1cccc[n+]1C. The van der Waals surface area contributed by atoms with Gasteiger partial charge in [-0.2, -0.15) is 17.7 Å². The summed E-state index contributed by atoms with van der Waals surface area (Å²) >= 11 is 0. The van der Waals surface area contributed by atoms with Gasteiger partial charge in [-0.05, 0) is 166 Å². The molecule has 0 aliphatic carbocycles. The molecule has 10 heterocycles. The van der Waals surface area contributed by atoms with E-state index in [9.17, 15) is 22.0 Å². The number of hydrogen-bond acceptors (Lipinski definition) is 0. The fourth-order valence-electron chi connectivity index (χ4n) is 16.3. The van der Waals surface area contributed by atoms with E-state index in [1.54, 1.807) is 6.92 Å². The van der Waals surface area contributed by atoms with E-state index in [4.69, 9.17) is 0 Å². The molecule has 0 aliphatic rings. The number of imidazole rings is 5. The molecule has 600 valence electrons. The molecule has 0 N–H and O–H groups in total. The van der Waals surface area contributed by atoms with Crippen LogP contribution in [0.3, 0.4) is 0 Å². The highest BCUT2D eigenvalue weighted by Gasteiger charge is 2.36. The highest BCUT2D eigenvalue weighted by molar-refractivity contribution is 5.79. The zero-order valence-electron chi connectivity index (χ0n) is 71.6. The first kappa shape index (κ1) is 84.2. The fraction of sp³-hybridized carbons (Fsp3) is 0.224. The van der Waals surface area contributed by atoms with Gasteiger partial charge in [0.1, 0.15) is 120 Å². The number of rotatable bonds is 11. The number of hydrogen-bond donors (Lipinski definition) is 0. The van der Waals surface area contributed by atoms with Gasteiger partial charge in [-0.15, -0.1) is 0 Å². The number of nitrogens with zero attached hydrogens (tertiary/aromatic N) is 15. The Balaban J connectivity index is 0.000000136. The van der Waals surface area contributed by atoms with Gasteiger partial charge in [-0.25, -0.2) is 72.7 Å². The molecule has 6 aromatic carbocycles. The summed E-state index contributed by atoms with van der Waals surface area (Å²) in [4.78, 5) is 0. The molecule has 0 saturated carbocycles. The minimum atomic E-state index is -4.41. The minimum Gasteiger partial charge on any atom is -0.233 e. The second kappa shape index (κ2) is 35.5. The normalized spacial score (nSPS) is 11.1. The standard InChI is InChI=1S/C23H23N3.C20H25N3.C19H20F3N3.C18H19F2N3.C18H21N3/c1-18-20(22-14-7-8-15-24(22)2)12-9-13-21(18)23-25(3)16-17-26(23)19-10-5-4-6-11-19;1-14-13-15(2)19(20-22(5)11-12-23(20)6)16(3)18(14)17-9-7-8-10-21(17)4;1-13-15(17-7-5-6-8-23(17)2)11-14(19(20,21)22)12-16(13)18-24(3)9-10-25(18)4;1-12-16(15-7-5-6-8-21(15)2)13(19)11-14(20)17(12)18-22(3)9-10-23(18)4;1-14-15(17-10-5-6-11-19(17)2)8-7-9-16(14)18-20(3)12-13-21(18)4/h4-17H,1-3H3;7-13H,1-6H3;5-12H,1-4H3;5-11H,1-4H3;5-13H,1-4H3/q5*+2. The first-order chi connectivity index (χ1) is 56.3. The van der Waals surface area contributed by atoms with Gasteiger partial charge < -0.3 is 0 Å². The maximum absolute atomic E-state index is 14.6. The Hall–Kier alpha value is -13.2. The maximum atomic E-state index is 14.6. The third-order valence-corrected chi connectivity index (χ3v) is 22.4. The molecule has 118 heavy (non-hydrogen) atoms. The highest BCUT2D eigenvalue weighted by atomic mass is 19.4. The Morgan fingerprint density at radius 1 is 0.254 bits per heavy atom. The number of alkyl halides is 3. The summed E-state index contributed by atoms with van der Waals surface area (Å²) in [7, 11) is 27.8. The van der Waals surface area contributed by atoms with Crippen molar-refractivity contribution in [2.45, 2.75) is 54.6 Å². The summed E-state index contributed by atoms with van der Waals surface area (Å²) in [5, 5.41) is 0. The summed E-state index contributed by atoms with van der Waals surface area (Å²) in [5.41, 5.74) is 23.3. The van der Waals surface area contributed by atoms with Gasteiger partial charge in [0.2, 0.25) is 28.5 Å². The van der Waals surface area contributed by atoms with E-state index in [-0.39, 0.29) is 0 Å². The quantitative estimate of drug-likeness (QED) is 0.0915. The molecule has 0 atom stereocenters. The van der Waals surface area contributed by atoms with Gasteiger partial charge in [0.25, 0.3) is 29.1 Å². The zero-order chi connectivity index (χ0) is 84.9. The molecule has 0 spiro atoms. The Labute approximate surface area is 690 Å². The van der Waals surface area contributed by atoms with E-state index in [0.29, 0.717) is 39.3 Å². The van der Waals surface area contributed by atoms with Crippen LogP contribution in [0.4, 0.5) is 22.0 Å². The van der Waals surface area contributed by atoms with E-state index in [1.807, 2.05) is 156 Å². The molecule has 15 nitrogen and oxygen atoms in total. The van der Waals surface area contributed by atoms with E-state index in [1.165, 1.54) is 108 Å². The number of pyridine rings is 5. The number of benzene rings is 6. The first-order valence-corrected chi connectivity index (χ1v) is 39.2. The Kier molecular flexibility index (Phi) is 25.3. The average Bonchev–Trinajstić information content (AvgIpc) is 1.36. The molecule has 0 bridgehead atoms. The Morgan fingerprint density at radius 3 is 1.00 bits per heavy atom. The fourth-order valence-corrected chi connectivity index (χ4v) is 16.3. The lowest BCUT2D eigenvalue weighted by atomic mass is 9.90. The summed E-state index contributed by atoms with van der Waals surface area (Å²) < 4.78 is 100. The van der Waals surface area contributed by atoms with Gasteiger partial charge >= 0.3 is 6.18 Å². The van der Waals surface area contributed by atoms with Crippen LogP contribution in [-0.2, 0) is 105 Å². The Morgan fingerprint density at radius 2 is 0.576 bits per heavy atom. The van der Waals surface area contributed by atoms with Crippen molar-refractivity contribution in [2.24, 2.45) is 98.7 Å². The largest absolute Gasteiger partial charge is 0.416 e. The number of aryl methyl sites for hydroxylation is 16. The van der Waals surface area contributed by atoms with Crippen molar-refractivity contribution in [1.29, 1.82) is 0 Å². The van der Waals surface area contributed by atoms with Crippen LogP contribution < -0.4 is 45.7 Å². The lowest BCUT2D eigenvalue weighted by Gasteiger charge is -2.14. The third-order valence-electron chi connectivity index (χ3n) is 22.4. The van der Waals surface area contributed by atoms with Crippen molar-refractivity contribution < 1.29 is 67.6 Å². The monoisotopic (exact) mass is 1590 g/mol. The van der Waals surface area contributed by atoms with Crippen LogP contribution in [0.2, 0.25) is 0 Å². The van der Waals surface area contributed by atoms with E-state index in [2.05, 4.69) is 309 Å². The zero-order valence-corrected chi connectivity index (χ0v) is 71.6. The van der Waals surface area contributed by atoms with Crippen LogP contribution in [0.25, 0.3) is 119 Å². The van der Waals surface area contributed by atoms with Gasteiger partial charge in [0.05, 0.1) is 108 Å². The smallest absolute Gasteiger partial charge is 0.233 e. The molecule has 20 heteroatoms. The van der Waals surface area contributed by atoms with Gasteiger partial charge in [-0.1, -0.05) is 36.4 Å². The molecule has 0 fully saturated rings. The van der Waals surface area contributed by atoms with E-state index in [0.717, 1.165) is 28.8 Å².